The Kier molecular flexibility index (Phi) is 4.69. The highest BCUT2D eigenvalue weighted by Gasteiger charge is 2.14. The molecule has 0 amide bonds. The van der Waals surface area contributed by atoms with Gasteiger partial charge in [-0.15, -0.1) is 0 Å². The maximum Gasteiger partial charge on any atom is 0.0468 e. The molecular formula is C9H16BrNO. The van der Waals surface area contributed by atoms with E-state index in [9.17, 15) is 0 Å². The van der Waals surface area contributed by atoms with E-state index < -0.39 is 0 Å². The monoisotopic (exact) mass is 233 g/mol. The van der Waals surface area contributed by atoms with E-state index in [1.165, 1.54) is 17.3 Å². The maximum absolute atomic E-state index is 5.29. The third kappa shape index (κ3) is 3.59. The molecule has 0 aromatic heterocycles. The van der Waals surface area contributed by atoms with Gasteiger partial charge in [-0.05, 0) is 25.2 Å². The first kappa shape index (κ1) is 10.1. The van der Waals surface area contributed by atoms with Gasteiger partial charge in [-0.25, -0.2) is 0 Å². The Morgan fingerprint density at radius 1 is 1.58 bits per heavy atom. The summed E-state index contributed by atoms with van der Waals surface area (Å²) < 4.78 is 6.55. The van der Waals surface area contributed by atoms with E-state index in [4.69, 9.17) is 4.74 Å². The van der Waals surface area contributed by atoms with Gasteiger partial charge in [-0.2, -0.15) is 0 Å². The van der Waals surface area contributed by atoms with E-state index in [-0.39, 0.29) is 0 Å². The van der Waals surface area contributed by atoms with Crippen LogP contribution >= 0.6 is 15.9 Å². The van der Waals surface area contributed by atoms with Gasteiger partial charge < -0.3 is 10.1 Å². The lowest BCUT2D eigenvalue weighted by atomic mass is 9.97. The average molecular weight is 234 g/mol. The SMILES string of the molecule is CN/C=C(/Br)CC1CCOCC1. The molecule has 0 atom stereocenters. The largest absolute Gasteiger partial charge is 0.393 e. The van der Waals surface area contributed by atoms with Gasteiger partial charge in [0.1, 0.15) is 0 Å². The van der Waals surface area contributed by atoms with Crippen LogP contribution in [0.15, 0.2) is 10.7 Å². The van der Waals surface area contributed by atoms with Crippen molar-refractivity contribution in [1.29, 1.82) is 0 Å². The van der Waals surface area contributed by atoms with Crippen LogP contribution in [0.5, 0.6) is 0 Å². The first-order chi connectivity index (χ1) is 5.83. The molecule has 0 bridgehead atoms. The Morgan fingerprint density at radius 2 is 2.25 bits per heavy atom. The molecule has 1 saturated heterocycles. The van der Waals surface area contributed by atoms with Crippen LogP contribution in [0.1, 0.15) is 19.3 Å². The first-order valence-corrected chi connectivity index (χ1v) is 5.21. The third-order valence-corrected chi connectivity index (χ3v) is 2.68. The zero-order valence-corrected chi connectivity index (χ0v) is 9.06. The zero-order chi connectivity index (χ0) is 8.81. The van der Waals surface area contributed by atoms with Crippen molar-refractivity contribution in [1.82, 2.24) is 5.32 Å². The van der Waals surface area contributed by atoms with Crippen LogP contribution in [0.4, 0.5) is 0 Å². The number of nitrogens with one attached hydrogen (secondary N) is 1. The van der Waals surface area contributed by atoms with Gasteiger partial charge in [0.15, 0.2) is 0 Å². The fourth-order valence-electron chi connectivity index (χ4n) is 1.44. The second-order valence-corrected chi connectivity index (χ2v) is 4.16. The smallest absolute Gasteiger partial charge is 0.0468 e. The molecule has 1 rings (SSSR count). The number of ether oxygens (including phenoxy) is 1. The Labute approximate surface area is 82.5 Å². The van der Waals surface area contributed by atoms with Crippen LogP contribution in [-0.2, 0) is 4.74 Å². The van der Waals surface area contributed by atoms with E-state index in [0.29, 0.717) is 0 Å². The summed E-state index contributed by atoms with van der Waals surface area (Å²) in [7, 11) is 1.92. The van der Waals surface area contributed by atoms with Crippen molar-refractivity contribution >= 4 is 15.9 Å². The van der Waals surface area contributed by atoms with Crippen LogP contribution in [0.3, 0.4) is 0 Å². The van der Waals surface area contributed by atoms with Gasteiger partial charge in [0.2, 0.25) is 0 Å². The van der Waals surface area contributed by atoms with Gasteiger partial charge in [-0.1, -0.05) is 15.9 Å². The molecule has 1 fully saturated rings. The Bertz CT molecular complexity index is 153. The molecule has 1 aliphatic rings. The summed E-state index contributed by atoms with van der Waals surface area (Å²) in [6, 6.07) is 0. The second kappa shape index (κ2) is 5.60. The molecule has 0 aromatic carbocycles. The van der Waals surface area contributed by atoms with Crippen LogP contribution in [0, 0.1) is 5.92 Å². The molecule has 0 aromatic rings. The molecule has 70 valence electrons. The third-order valence-electron chi connectivity index (χ3n) is 2.13. The minimum absolute atomic E-state index is 0.803. The lowest BCUT2D eigenvalue weighted by Crippen LogP contribution is -2.15. The van der Waals surface area contributed by atoms with Gasteiger partial charge >= 0.3 is 0 Å². The number of hydrogen-bond donors (Lipinski definition) is 1. The zero-order valence-electron chi connectivity index (χ0n) is 7.48. The maximum atomic E-state index is 5.29. The molecule has 1 heterocycles. The van der Waals surface area contributed by atoms with Gasteiger partial charge in [-0.3, -0.25) is 0 Å². The highest BCUT2D eigenvalue weighted by molar-refractivity contribution is 9.11. The Balaban J connectivity index is 2.24. The summed E-state index contributed by atoms with van der Waals surface area (Å²) in [5.74, 6) is 0.803. The summed E-state index contributed by atoms with van der Waals surface area (Å²) in [5.41, 5.74) is 0. The molecule has 0 unspecified atom stereocenters. The fourth-order valence-corrected chi connectivity index (χ4v) is 2.13. The van der Waals surface area contributed by atoms with Crippen LogP contribution in [0.2, 0.25) is 0 Å². The topological polar surface area (TPSA) is 21.3 Å². The highest BCUT2D eigenvalue weighted by Crippen LogP contribution is 2.24. The number of hydrogen-bond acceptors (Lipinski definition) is 2. The van der Waals surface area contributed by atoms with Crippen molar-refractivity contribution in [2.24, 2.45) is 5.92 Å². The fraction of sp³-hybridized carbons (Fsp3) is 0.778. The van der Waals surface area contributed by atoms with Crippen LogP contribution < -0.4 is 5.32 Å². The predicted octanol–water partition coefficient (Wildman–Crippen LogP) is 2.26. The van der Waals surface area contributed by atoms with E-state index in [2.05, 4.69) is 21.2 Å². The van der Waals surface area contributed by atoms with Gasteiger partial charge in [0.05, 0.1) is 0 Å². The first-order valence-electron chi connectivity index (χ1n) is 4.42. The number of rotatable bonds is 3. The minimum atomic E-state index is 0.803. The molecule has 3 heteroatoms. The summed E-state index contributed by atoms with van der Waals surface area (Å²) in [4.78, 5) is 0. The Hall–Kier alpha value is -0.0200. The summed E-state index contributed by atoms with van der Waals surface area (Å²) in [6.45, 7) is 1.87. The van der Waals surface area contributed by atoms with E-state index >= 15 is 0 Å². The second-order valence-electron chi connectivity index (χ2n) is 3.14. The molecule has 1 aliphatic heterocycles. The predicted molar refractivity (Wildman–Crippen MR) is 54.2 cm³/mol. The van der Waals surface area contributed by atoms with E-state index in [1.807, 2.05) is 13.2 Å². The van der Waals surface area contributed by atoms with E-state index in [1.54, 1.807) is 0 Å². The summed E-state index contributed by atoms with van der Waals surface area (Å²) >= 11 is 3.53. The number of halogens is 1. The lowest BCUT2D eigenvalue weighted by Gasteiger charge is -2.21. The van der Waals surface area contributed by atoms with Gasteiger partial charge in [0, 0.05) is 30.9 Å². The molecule has 12 heavy (non-hydrogen) atoms. The molecule has 0 spiro atoms. The average Bonchev–Trinajstić information content (AvgIpc) is 2.06. The molecule has 2 nitrogen and oxygen atoms in total. The highest BCUT2D eigenvalue weighted by atomic mass is 79.9. The lowest BCUT2D eigenvalue weighted by molar-refractivity contribution is 0.0671. The summed E-state index contributed by atoms with van der Waals surface area (Å²) in [5, 5.41) is 3.02. The van der Waals surface area contributed by atoms with Crippen LogP contribution in [-0.4, -0.2) is 20.3 Å². The molecule has 0 radical (unpaired) electrons. The van der Waals surface area contributed by atoms with Crippen molar-refractivity contribution in [3.63, 3.8) is 0 Å². The summed E-state index contributed by atoms with van der Waals surface area (Å²) in [6.07, 6.45) is 5.55. The van der Waals surface area contributed by atoms with Crippen molar-refractivity contribution in [2.75, 3.05) is 20.3 Å². The minimum Gasteiger partial charge on any atom is -0.393 e. The number of allylic oxidation sites excluding steroid dienone is 1. The quantitative estimate of drug-likeness (QED) is 0.808. The molecule has 0 aliphatic carbocycles. The van der Waals surface area contributed by atoms with Crippen molar-refractivity contribution < 1.29 is 4.74 Å². The van der Waals surface area contributed by atoms with Crippen LogP contribution in [0.25, 0.3) is 0 Å². The Morgan fingerprint density at radius 3 is 2.83 bits per heavy atom. The van der Waals surface area contributed by atoms with Crippen molar-refractivity contribution in [2.45, 2.75) is 19.3 Å². The molecular weight excluding hydrogens is 218 g/mol. The van der Waals surface area contributed by atoms with Gasteiger partial charge in [0.25, 0.3) is 0 Å². The van der Waals surface area contributed by atoms with E-state index in [0.717, 1.165) is 25.6 Å². The standard InChI is InChI=1S/C9H16BrNO/c1-11-7-9(10)6-8-2-4-12-5-3-8/h7-8,11H,2-6H2,1H3/b9-7+. The van der Waals surface area contributed by atoms with Crippen molar-refractivity contribution in [3.8, 4) is 0 Å². The normalized spacial score (nSPS) is 21.0. The van der Waals surface area contributed by atoms with Crippen molar-refractivity contribution in [3.05, 3.63) is 10.7 Å². The molecule has 0 saturated carbocycles. The molecule has 1 N–H and O–H groups in total.